The van der Waals surface area contributed by atoms with E-state index in [4.69, 9.17) is 21.3 Å². The van der Waals surface area contributed by atoms with Gasteiger partial charge in [-0.05, 0) is 37.3 Å². The zero-order valence-corrected chi connectivity index (χ0v) is 18.1. The number of piperidine rings is 1. The summed E-state index contributed by atoms with van der Waals surface area (Å²) in [5, 5.41) is 25.1. The topological polar surface area (TPSA) is 94.4 Å². The lowest BCUT2D eigenvalue weighted by Gasteiger charge is -2.45. The smallest absolute Gasteiger partial charge is 0.409 e. The molecule has 0 saturated carbocycles. The third kappa shape index (κ3) is 4.48. The number of carbonyl (C=O) groups excluding carboxylic acids is 1. The van der Waals surface area contributed by atoms with Gasteiger partial charge in [-0.25, -0.2) is 4.79 Å². The van der Waals surface area contributed by atoms with Gasteiger partial charge in [-0.3, -0.25) is 10.3 Å². The lowest BCUT2D eigenvalue weighted by molar-refractivity contribution is 0.0778. The van der Waals surface area contributed by atoms with E-state index in [0.717, 1.165) is 5.71 Å². The molecule has 2 aromatic carbocycles. The van der Waals surface area contributed by atoms with E-state index in [2.05, 4.69) is 5.32 Å². The van der Waals surface area contributed by atoms with Crippen LogP contribution in [0.15, 0.2) is 47.5 Å². The zero-order valence-electron chi connectivity index (χ0n) is 17.3. The highest BCUT2D eigenvalue weighted by Gasteiger charge is 2.42. The molecule has 0 unspecified atom stereocenters. The van der Waals surface area contributed by atoms with E-state index in [9.17, 15) is 15.0 Å². The number of aliphatic imine (C=N–C) groups is 1. The number of phenols is 2. The Hall–Kier alpha value is -2.77. The number of carbonyl (C=O) groups is 1. The number of aromatic hydroxyl groups is 2. The number of amides is 1. The molecule has 164 valence electrons. The minimum absolute atomic E-state index is 0.152. The van der Waals surface area contributed by atoms with Gasteiger partial charge in [0, 0.05) is 60.3 Å². The molecule has 1 fully saturated rings. The van der Waals surface area contributed by atoms with Crippen LogP contribution in [-0.2, 0) is 4.74 Å². The van der Waals surface area contributed by atoms with Crippen LogP contribution in [0.5, 0.6) is 11.5 Å². The van der Waals surface area contributed by atoms with Gasteiger partial charge in [0.05, 0.1) is 6.61 Å². The van der Waals surface area contributed by atoms with Crippen molar-refractivity contribution in [3.8, 4) is 11.5 Å². The van der Waals surface area contributed by atoms with Crippen molar-refractivity contribution in [1.82, 2.24) is 10.2 Å². The molecule has 1 amide bonds. The van der Waals surface area contributed by atoms with Crippen molar-refractivity contribution in [2.24, 2.45) is 4.99 Å². The van der Waals surface area contributed by atoms with E-state index in [0.29, 0.717) is 55.1 Å². The number of nitrogens with one attached hydrogen (secondary N) is 1. The molecule has 31 heavy (non-hydrogen) atoms. The molecule has 0 aliphatic carbocycles. The van der Waals surface area contributed by atoms with Gasteiger partial charge in [0.15, 0.2) is 0 Å². The van der Waals surface area contributed by atoms with Crippen molar-refractivity contribution in [3.63, 3.8) is 0 Å². The lowest BCUT2D eigenvalue weighted by Crippen LogP contribution is -2.56. The molecule has 2 aliphatic rings. The Morgan fingerprint density at radius 1 is 1.23 bits per heavy atom. The maximum atomic E-state index is 12.1. The zero-order chi connectivity index (χ0) is 22.0. The number of hydrogen-bond donors (Lipinski definition) is 3. The molecule has 2 aromatic rings. The second-order valence-electron chi connectivity index (χ2n) is 7.90. The molecule has 0 bridgehead atoms. The third-order valence-corrected chi connectivity index (χ3v) is 6.12. The van der Waals surface area contributed by atoms with Crippen LogP contribution in [0.3, 0.4) is 0 Å². The second kappa shape index (κ2) is 8.77. The average Bonchev–Trinajstić information content (AvgIpc) is 2.76. The molecular weight excluding hydrogens is 418 g/mol. The summed E-state index contributed by atoms with van der Waals surface area (Å²) in [5.41, 5.74) is 1.48. The largest absolute Gasteiger partial charge is 0.508 e. The molecule has 1 spiro atoms. The van der Waals surface area contributed by atoms with Gasteiger partial charge in [-0.15, -0.1) is 0 Å². The van der Waals surface area contributed by atoms with Crippen LogP contribution in [0.4, 0.5) is 4.79 Å². The highest BCUT2D eigenvalue weighted by Crippen LogP contribution is 2.39. The normalized spacial score (nSPS) is 20.4. The van der Waals surface area contributed by atoms with E-state index in [1.807, 2.05) is 12.1 Å². The summed E-state index contributed by atoms with van der Waals surface area (Å²) in [4.78, 5) is 18.8. The monoisotopic (exact) mass is 443 g/mol. The Morgan fingerprint density at radius 2 is 1.97 bits per heavy atom. The predicted molar refractivity (Wildman–Crippen MR) is 119 cm³/mol. The number of phenolic OH excluding ortho intramolecular Hbond substituents is 2. The number of hydrogen-bond acceptors (Lipinski definition) is 6. The van der Waals surface area contributed by atoms with Gasteiger partial charge < -0.3 is 19.8 Å². The molecule has 2 aliphatic heterocycles. The molecule has 4 rings (SSSR count). The number of benzene rings is 2. The van der Waals surface area contributed by atoms with Crippen LogP contribution in [0.2, 0.25) is 5.02 Å². The number of ether oxygens (including phenoxy) is 1. The average molecular weight is 444 g/mol. The molecule has 7 nitrogen and oxygen atoms in total. The van der Waals surface area contributed by atoms with Crippen LogP contribution >= 0.6 is 11.6 Å². The van der Waals surface area contributed by atoms with Gasteiger partial charge in [0.25, 0.3) is 0 Å². The van der Waals surface area contributed by atoms with E-state index < -0.39 is 5.66 Å². The highest BCUT2D eigenvalue weighted by atomic mass is 35.5. The number of rotatable bonds is 3. The van der Waals surface area contributed by atoms with Crippen LogP contribution in [-0.4, -0.2) is 52.3 Å². The van der Waals surface area contributed by atoms with Crippen molar-refractivity contribution in [2.45, 2.75) is 37.9 Å². The van der Waals surface area contributed by atoms with Crippen molar-refractivity contribution in [3.05, 3.63) is 58.6 Å². The molecule has 3 N–H and O–H groups in total. The first-order chi connectivity index (χ1) is 14.9. The molecule has 1 atom stereocenters. The van der Waals surface area contributed by atoms with Gasteiger partial charge in [0.2, 0.25) is 0 Å². The maximum absolute atomic E-state index is 12.1. The summed E-state index contributed by atoms with van der Waals surface area (Å²) in [6, 6.07) is 11.9. The standard InChI is InChI=1S/C23H26ClN3O4/c1-2-31-22(30)27-11-9-23(10-12-27)25-18(16-5-3-4-6-20(16)28)14-19(26-23)17-13-15(24)7-8-21(17)29/h3-8,13,19,26,28-29H,2,9-12,14H2,1H3/t19-/m0/s1. The first-order valence-electron chi connectivity index (χ1n) is 10.5. The highest BCUT2D eigenvalue weighted by molar-refractivity contribution is 6.30. The molecule has 8 heteroatoms. The Balaban J connectivity index is 1.68. The summed E-state index contributed by atoms with van der Waals surface area (Å²) in [7, 11) is 0. The molecule has 0 radical (unpaired) electrons. The van der Waals surface area contributed by atoms with Crippen LogP contribution in [0.1, 0.15) is 43.4 Å². The molecule has 2 heterocycles. The summed E-state index contributed by atoms with van der Waals surface area (Å²) in [6.07, 6.45) is 1.33. The number of nitrogens with zero attached hydrogens (tertiary/aromatic N) is 2. The van der Waals surface area contributed by atoms with E-state index in [-0.39, 0.29) is 23.6 Å². The fraction of sp³-hybridized carbons (Fsp3) is 0.391. The number of para-hydroxylation sites is 1. The van der Waals surface area contributed by atoms with Gasteiger partial charge in [0.1, 0.15) is 17.2 Å². The Kier molecular flexibility index (Phi) is 6.07. The summed E-state index contributed by atoms with van der Waals surface area (Å²) in [6.45, 7) is 3.12. The first-order valence-corrected chi connectivity index (χ1v) is 10.8. The fourth-order valence-corrected chi connectivity index (χ4v) is 4.50. The lowest BCUT2D eigenvalue weighted by atomic mass is 9.87. The van der Waals surface area contributed by atoms with Gasteiger partial charge in [-0.2, -0.15) is 0 Å². The van der Waals surface area contributed by atoms with Crippen LogP contribution in [0.25, 0.3) is 0 Å². The van der Waals surface area contributed by atoms with Crippen molar-refractivity contribution in [2.75, 3.05) is 19.7 Å². The van der Waals surface area contributed by atoms with Gasteiger partial charge >= 0.3 is 6.09 Å². The van der Waals surface area contributed by atoms with E-state index in [1.54, 1.807) is 42.2 Å². The van der Waals surface area contributed by atoms with Gasteiger partial charge in [-0.1, -0.05) is 23.7 Å². The third-order valence-electron chi connectivity index (χ3n) is 5.89. The van der Waals surface area contributed by atoms with Crippen LogP contribution in [0, 0.1) is 0 Å². The Labute approximate surface area is 186 Å². The molecule has 1 saturated heterocycles. The number of likely N-dealkylation sites (tertiary alicyclic amines) is 1. The van der Waals surface area contributed by atoms with E-state index >= 15 is 0 Å². The summed E-state index contributed by atoms with van der Waals surface area (Å²) < 4.78 is 5.13. The fourth-order valence-electron chi connectivity index (χ4n) is 4.32. The SMILES string of the molecule is CCOC(=O)N1CCC2(CC1)N=C(c1ccccc1O)C[C@@H](c1cc(Cl)ccc1O)N2. The Bertz CT molecular complexity index is 1000. The van der Waals surface area contributed by atoms with Crippen molar-refractivity contribution >= 4 is 23.4 Å². The van der Waals surface area contributed by atoms with Crippen LogP contribution < -0.4 is 5.32 Å². The predicted octanol–water partition coefficient (Wildman–Crippen LogP) is 4.22. The second-order valence-corrected chi connectivity index (χ2v) is 8.33. The number of halogens is 1. The minimum Gasteiger partial charge on any atom is -0.508 e. The quantitative estimate of drug-likeness (QED) is 0.660. The summed E-state index contributed by atoms with van der Waals surface area (Å²) in [5.74, 6) is 0.316. The van der Waals surface area contributed by atoms with Crippen molar-refractivity contribution < 1.29 is 19.7 Å². The van der Waals surface area contributed by atoms with Crippen molar-refractivity contribution in [1.29, 1.82) is 0 Å². The Morgan fingerprint density at radius 3 is 2.68 bits per heavy atom. The maximum Gasteiger partial charge on any atom is 0.409 e. The molecule has 0 aromatic heterocycles. The molecular formula is C23H26ClN3O4. The minimum atomic E-state index is -0.627. The summed E-state index contributed by atoms with van der Waals surface area (Å²) >= 11 is 6.21. The first kappa shape index (κ1) is 21.5. The van der Waals surface area contributed by atoms with E-state index in [1.165, 1.54) is 0 Å².